The zero-order valence-electron chi connectivity index (χ0n) is 21.4. The zero-order valence-corrected chi connectivity index (χ0v) is 22.1. The Morgan fingerprint density at radius 2 is 1.87 bits per heavy atom. The first-order chi connectivity index (χ1) is 18.6. The summed E-state index contributed by atoms with van der Waals surface area (Å²) in [5.41, 5.74) is 4.67. The van der Waals surface area contributed by atoms with E-state index in [1.54, 1.807) is 24.7 Å². The van der Waals surface area contributed by atoms with E-state index in [4.69, 9.17) is 16.3 Å². The second kappa shape index (κ2) is 11.4. The van der Waals surface area contributed by atoms with E-state index in [0.717, 1.165) is 72.4 Å². The Hall–Kier alpha value is -3.00. The molecule has 6 rings (SSSR count). The van der Waals surface area contributed by atoms with Gasteiger partial charge in [0.1, 0.15) is 11.6 Å². The number of halogens is 2. The molecule has 1 saturated heterocycles. The molecule has 1 aliphatic heterocycles. The highest BCUT2D eigenvalue weighted by Gasteiger charge is 2.23. The van der Waals surface area contributed by atoms with Crippen molar-refractivity contribution in [2.24, 2.45) is 0 Å². The molecule has 2 aliphatic rings. The minimum Gasteiger partial charge on any atom is -0.377 e. The van der Waals surface area contributed by atoms with Gasteiger partial charge >= 0.3 is 0 Å². The monoisotopic (exact) mass is 533 g/mol. The number of nitrogens with one attached hydrogen (secondary N) is 2. The standard InChI is InChI=1S/C30H33ClFN5O/c31-27-17-34-30(36-24-9-7-23(8-10-24)33-16-25-5-2-12-38-25)15-26(27)21-6-11-28-29(14-21)37(19-35-28)18-20-3-1-4-22(32)13-20/h1,3-4,6,11,13-15,17,19,23-25,33H,2,5,7-10,12,16,18H2,(H,34,36)/t23-,24-,25?. The fourth-order valence-electron chi connectivity index (χ4n) is 5.68. The van der Waals surface area contributed by atoms with Crippen LogP contribution in [0.25, 0.3) is 22.2 Å². The van der Waals surface area contributed by atoms with Crippen LogP contribution in [-0.4, -0.2) is 45.9 Å². The van der Waals surface area contributed by atoms with E-state index in [-0.39, 0.29) is 5.82 Å². The molecule has 198 valence electrons. The van der Waals surface area contributed by atoms with E-state index < -0.39 is 0 Å². The molecule has 2 aromatic heterocycles. The molecule has 2 fully saturated rings. The summed E-state index contributed by atoms with van der Waals surface area (Å²) in [5, 5.41) is 7.96. The number of hydrogen-bond donors (Lipinski definition) is 2. The number of hydrogen-bond acceptors (Lipinski definition) is 5. The van der Waals surface area contributed by atoms with Gasteiger partial charge in [-0.05, 0) is 80.0 Å². The first-order valence-electron chi connectivity index (χ1n) is 13.6. The van der Waals surface area contributed by atoms with Gasteiger partial charge in [-0.3, -0.25) is 0 Å². The topological polar surface area (TPSA) is 64.0 Å². The largest absolute Gasteiger partial charge is 0.377 e. The van der Waals surface area contributed by atoms with Gasteiger partial charge in [0.05, 0.1) is 28.5 Å². The normalized spacial score (nSPS) is 21.7. The molecule has 3 heterocycles. The molecule has 1 aliphatic carbocycles. The maximum atomic E-state index is 13.7. The van der Waals surface area contributed by atoms with Crippen molar-refractivity contribution in [1.29, 1.82) is 0 Å². The maximum Gasteiger partial charge on any atom is 0.126 e. The highest BCUT2D eigenvalue weighted by Crippen LogP contribution is 2.32. The van der Waals surface area contributed by atoms with Gasteiger partial charge in [-0.1, -0.05) is 29.8 Å². The van der Waals surface area contributed by atoms with Crippen LogP contribution in [0.5, 0.6) is 0 Å². The van der Waals surface area contributed by atoms with E-state index in [2.05, 4.69) is 26.7 Å². The van der Waals surface area contributed by atoms with Gasteiger partial charge in [0.25, 0.3) is 0 Å². The number of rotatable bonds is 8. The molecular formula is C30H33ClFN5O. The lowest BCUT2D eigenvalue weighted by atomic mass is 9.91. The Morgan fingerprint density at radius 1 is 1.00 bits per heavy atom. The van der Waals surface area contributed by atoms with Gasteiger partial charge in [0.15, 0.2) is 0 Å². The van der Waals surface area contributed by atoms with Crippen molar-refractivity contribution >= 4 is 28.5 Å². The first kappa shape index (κ1) is 25.3. The number of pyridine rings is 1. The van der Waals surface area contributed by atoms with E-state index in [9.17, 15) is 4.39 Å². The average molecular weight is 534 g/mol. The van der Waals surface area contributed by atoms with Gasteiger partial charge in [-0.2, -0.15) is 0 Å². The van der Waals surface area contributed by atoms with Crippen LogP contribution in [-0.2, 0) is 11.3 Å². The van der Waals surface area contributed by atoms with Crippen LogP contribution in [0.15, 0.2) is 61.1 Å². The molecule has 0 spiro atoms. The van der Waals surface area contributed by atoms with Crippen molar-refractivity contribution in [1.82, 2.24) is 19.9 Å². The SMILES string of the molecule is Fc1cccc(Cn2cnc3ccc(-c4cc(N[C@H]5CC[C@H](NCC6CCCO6)CC5)ncc4Cl)cc32)c1. The zero-order chi connectivity index (χ0) is 25.9. The number of ether oxygens (including phenoxy) is 1. The highest BCUT2D eigenvalue weighted by atomic mass is 35.5. The van der Waals surface area contributed by atoms with Crippen molar-refractivity contribution in [3.8, 4) is 11.1 Å². The summed E-state index contributed by atoms with van der Waals surface area (Å²) in [6, 6.07) is 15.8. The molecule has 0 radical (unpaired) electrons. The Morgan fingerprint density at radius 3 is 2.68 bits per heavy atom. The Balaban J connectivity index is 1.13. The van der Waals surface area contributed by atoms with E-state index in [1.165, 1.54) is 18.9 Å². The molecule has 1 atom stereocenters. The molecule has 4 aromatic rings. The lowest BCUT2D eigenvalue weighted by Gasteiger charge is -2.30. The molecule has 8 heteroatoms. The molecule has 6 nitrogen and oxygen atoms in total. The summed E-state index contributed by atoms with van der Waals surface area (Å²) >= 11 is 6.62. The van der Waals surface area contributed by atoms with Crippen LogP contribution in [0.3, 0.4) is 0 Å². The second-order valence-corrected chi connectivity index (χ2v) is 10.9. The number of aromatic nitrogens is 3. The number of anilines is 1. The van der Waals surface area contributed by atoms with Crippen LogP contribution in [0, 0.1) is 5.82 Å². The summed E-state index contributed by atoms with van der Waals surface area (Å²) in [6.07, 6.45) is 10.8. The predicted molar refractivity (Wildman–Crippen MR) is 150 cm³/mol. The van der Waals surface area contributed by atoms with Gasteiger partial charge < -0.3 is 19.9 Å². The molecule has 1 saturated carbocycles. The van der Waals surface area contributed by atoms with Gasteiger partial charge in [-0.25, -0.2) is 14.4 Å². The molecule has 2 aromatic carbocycles. The number of benzene rings is 2. The highest BCUT2D eigenvalue weighted by molar-refractivity contribution is 6.33. The van der Waals surface area contributed by atoms with Crippen molar-refractivity contribution in [3.63, 3.8) is 0 Å². The summed E-state index contributed by atoms with van der Waals surface area (Å²) in [4.78, 5) is 9.10. The van der Waals surface area contributed by atoms with E-state index >= 15 is 0 Å². The van der Waals surface area contributed by atoms with Crippen LogP contribution in [0.2, 0.25) is 5.02 Å². The summed E-state index contributed by atoms with van der Waals surface area (Å²) in [6.45, 7) is 2.42. The summed E-state index contributed by atoms with van der Waals surface area (Å²) in [5.74, 6) is 0.605. The van der Waals surface area contributed by atoms with Gasteiger partial charge in [-0.15, -0.1) is 0 Å². The molecule has 0 amide bonds. The third-order valence-electron chi connectivity index (χ3n) is 7.77. The summed E-state index contributed by atoms with van der Waals surface area (Å²) < 4.78 is 21.5. The van der Waals surface area contributed by atoms with Gasteiger partial charge in [0.2, 0.25) is 0 Å². The van der Waals surface area contributed by atoms with Crippen molar-refractivity contribution in [2.75, 3.05) is 18.5 Å². The lowest BCUT2D eigenvalue weighted by molar-refractivity contribution is 0.105. The minimum atomic E-state index is -0.236. The van der Waals surface area contributed by atoms with Crippen molar-refractivity contribution < 1.29 is 9.13 Å². The number of nitrogens with zero attached hydrogens (tertiary/aromatic N) is 3. The van der Waals surface area contributed by atoms with Crippen molar-refractivity contribution in [3.05, 3.63) is 77.5 Å². The maximum absolute atomic E-state index is 13.7. The van der Waals surface area contributed by atoms with E-state index in [1.807, 2.05) is 28.8 Å². The second-order valence-electron chi connectivity index (χ2n) is 10.5. The summed E-state index contributed by atoms with van der Waals surface area (Å²) in [7, 11) is 0. The Kier molecular flexibility index (Phi) is 7.58. The van der Waals surface area contributed by atoms with Crippen LogP contribution in [0.1, 0.15) is 44.1 Å². The van der Waals surface area contributed by atoms with Crippen LogP contribution >= 0.6 is 11.6 Å². The smallest absolute Gasteiger partial charge is 0.126 e. The number of imidazole rings is 1. The van der Waals surface area contributed by atoms with E-state index in [0.29, 0.717) is 29.8 Å². The van der Waals surface area contributed by atoms with Gasteiger partial charge in [0, 0.05) is 43.5 Å². The molecule has 2 N–H and O–H groups in total. The minimum absolute atomic E-state index is 0.236. The third-order valence-corrected chi connectivity index (χ3v) is 8.07. The lowest BCUT2D eigenvalue weighted by Crippen LogP contribution is -2.40. The third kappa shape index (κ3) is 5.85. The predicted octanol–water partition coefficient (Wildman–Crippen LogP) is 6.43. The molecule has 0 bridgehead atoms. The quantitative estimate of drug-likeness (QED) is 0.273. The molecule has 38 heavy (non-hydrogen) atoms. The Labute approximate surface area is 227 Å². The molecular weight excluding hydrogens is 501 g/mol. The Bertz CT molecular complexity index is 1390. The first-order valence-corrected chi connectivity index (χ1v) is 14.0. The fourth-order valence-corrected chi connectivity index (χ4v) is 5.89. The average Bonchev–Trinajstić information content (AvgIpc) is 3.59. The van der Waals surface area contributed by atoms with Crippen molar-refractivity contribution in [2.45, 2.75) is 63.3 Å². The van der Waals surface area contributed by atoms with Crippen LogP contribution in [0.4, 0.5) is 10.2 Å². The fraction of sp³-hybridized carbons (Fsp3) is 0.400. The van der Waals surface area contributed by atoms with Crippen LogP contribution < -0.4 is 10.6 Å². The number of fused-ring (bicyclic) bond motifs is 1. The molecule has 1 unspecified atom stereocenters.